The average Bonchev–Trinajstić information content (AvgIpc) is 4.06. The van der Waals surface area contributed by atoms with Crippen molar-refractivity contribution in [1.82, 2.24) is 9.13 Å². The first-order valence-corrected chi connectivity index (χ1v) is 22.1. The second kappa shape index (κ2) is 13.3. The van der Waals surface area contributed by atoms with Gasteiger partial charge in [-0.1, -0.05) is 170 Å². The van der Waals surface area contributed by atoms with Crippen LogP contribution in [0.1, 0.15) is 22.3 Å². The molecule has 0 saturated carbocycles. The van der Waals surface area contributed by atoms with Crippen LogP contribution < -0.4 is 4.74 Å². The van der Waals surface area contributed by atoms with Crippen LogP contribution in [-0.4, -0.2) is 9.13 Å². The van der Waals surface area contributed by atoms with Crippen molar-refractivity contribution in [3.05, 3.63) is 253 Å². The monoisotopic (exact) mass is 814 g/mol. The zero-order valence-electron chi connectivity index (χ0n) is 34.7. The standard InChI is InChI=1S/C61H38N2O/c1-2-16-39(17-3-1)40-30-33-60-52(34-40)51-23-9-15-29-59(51)63(60)42-35-41(62-57-27-13-7-21-49(57)50-22-8-14-28-58(50)62)36-44(37-42)64-43-31-32-48-47-20-6-12-26-55(47)61(56(48)38-43)53-24-10-4-18-45(53)46-19-5-11-25-54(46)61/h1-38H. The van der Waals surface area contributed by atoms with Crippen molar-refractivity contribution >= 4 is 43.6 Å². The van der Waals surface area contributed by atoms with Crippen LogP contribution in [0.5, 0.6) is 11.5 Å². The number of ether oxygens (including phenoxy) is 1. The van der Waals surface area contributed by atoms with Crippen molar-refractivity contribution < 1.29 is 4.74 Å². The molecule has 3 nitrogen and oxygen atoms in total. The predicted molar refractivity (Wildman–Crippen MR) is 263 cm³/mol. The molecule has 10 aromatic carbocycles. The van der Waals surface area contributed by atoms with Crippen molar-refractivity contribution in [3.8, 4) is 56.3 Å². The van der Waals surface area contributed by atoms with E-state index in [-0.39, 0.29) is 0 Å². The van der Waals surface area contributed by atoms with Gasteiger partial charge in [-0.15, -0.1) is 0 Å². The van der Waals surface area contributed by atoms with E-state index in [2.05, 4.69) is 240 Å². The van der Waals surface area contributed by atoms with Gasteiger partial charge in [0, 0.05) is 33.7 Å². The summed E-state index contributed by atoms with van der Waals surface area (Å²) in [6, 6.07) is 84.1. The van der Waals surface area contributed by atoms with E-state index in [1.807, 2.05) is 0 Å². The number of benzene rings is 10. The van der Waals surface area contributed by atoms with Crippen LogP contribution in [-0.2, 0) is 5.41 Å². The first kappa shape index (κ1) is 35.2. The maximum atomic E-state index is 7.26. The van der Waals surface area contributed by atoms with Gasteiger partial charge in [-0.3, -0.25) is 0 Å². The number of para-hydroxylation sites is 3. The number of hydrogen-bond acceptors (Lipinski definition) is 1. The molecule has 1 spiro atoms. The van der Waals surface area contributed by atoms with Crippen molar-refractivity contribution in [2.45, 2.75) is 5.41 Å². The van der Waals surface area contributed by atoms with E-state index in [9.17, 15) is 0 Å². The van der Waals surface area contributed by atoms with Gasteiger partial charge >= 0.3 is 0 Å². The molecule has 2 aliphatic carbocycles. The Kier molecular flexibility index (Phi) is 7.32. The largest absolute Gasteiger partial charge is 0.457 e. The molecule has 2 aliphatic rings. The Labute approximate surface area is 370 Å². The van der Waals surface area contributed by atoms with Gasteiger partial charge in [-0.25, -0.2) is 0 Å². The van der Waals surface area contributed by atoms with Crippen molar-refractivity contribution in [2.75, 3.05) is 0 Å². The fraction of sp³-hybridized carbons (Fsp3) is 0.0164. The van der Waals surface area contributed by atoms with Crippen LogP contribution in [0.4, 0.5) is 0 Å². The molecular formula is C61H38N2O. The van der Waals surface area contributed by atoms with Crippen LogP contribution in [0.3, 0.4) is 0 Å². The Morgan fingerprint density at radius 2 is 0.734 bits per heavy atom. The molecule has 0 atom stereocenters. The highest BCUT2D eigenvalue weighted by molar-refractivity contribution is 6.11. The van der Waals surface area contributed by atoms with Crippen molar-refractivity contribution in [1.29, 1.82) is 0 Å². The lowest BCUT2D eigenvalue weighted by atomic mass is 9.70. The minimum atomic E-state index is -0.462. The predicted octanol–water partition coefficient (Wildman–Crippen LogP) is 15.7. The van der Waals surface area contributed by atoms with Crippen LogP contribution in [0, 0.1) is 0 Å². The molecule has 2 aromatic heterocycles. The molecule has 3 heteroatoms. The third-order valence-corrected chi connectivity index (χ3v) is 14.0. The van der Waals surface area contributed by atoms with Gasteiger partial charge in [-0.2, -0.15) is 0 Å². The Bertz CT molecular complexity index is 3770. The maximum Gasteiger partial charge on any atom is 0.131 e. The fourth-order valence-corrected chi connectivity index (χ4v) is 11.4. The van der Waals surface area contributed by atoms with Crippen molar-refractivity contribution in [3.63, 3.8) is 0 Å². The first-order valence-electron chi connectivity index (χ1n) is 22.1. The van der Waals surface area contributed by atoms with Crippen LogP contribution >= 0.6 is 0 Å². The highest BCUT2D eigenvalue weighted by Gasteiger charge is 2.51. The molecule has 0 unspecified atom stereocenters. The molecule has 0 amide bonds. The Morgan fingerprint density at radius 3 is 1.30 bits per heavy atom. The second-order valence-electron chi connectivity index (χ2n) is 17.2. The topological polar surface area (TPSA) is 19.1 Å². The zero-order chi connectivity index (χ0) is 41.9. The molecule has 12 aromatic rings. The van der Waals surface area contributed by atoms with Crippen LogP contribution in [0.2, 0.25) is 0 Å². The number of nitrogens with zero attached hydrogens (tertiary/aromatic N) is 2. The quantitative estimate of drug-likeness (QED) is 0.169. The molecule has 0 N–H and O–H groups in total. The molecule has 0 bridgehead atoms. The highest BCUT2D eigenvalue weighted by Crippen LogP contribution is 2.63. The Hall–Kier alpha value is -8.40. The van der Waals surface area contributed by atoms with E-state index < -0.39 is 5.41 Å². The van der Waals surface area contributed by atoms with Crippen LogP contribution in [0.15, 0.2) is 231 Å². The Balaban J connectivity index is 1.00. The summed E-state index contributed by atoms with van der Waals surface area (Å²) in [7, 11) is 0. The number of hydrogen-bond donors (Lipinski definition) is 0. The van der Waals surface area contributed by atoms with E-state index >= 15 is 0 Å². The molecule has 0 fully saturated rings. The lowest BCUT2D eigenvalue weighted by molar-refractivity contribution is 0.481. The third-order valence-electron chi connectivity index (χ3n) is 14.0. The van der Waals surface area contributed by atoms with Gasteiger partial charge < -0.3 is 13.9 Å². The molecule has 0 saturated heterocycles. The van der Waals surface area contributed by atoms with E-state index in [0.29, 0.717) is 0 Å². The summed E-state index contributed by atoms with van der Waals surface area (Å²) in [4.78, 5) is 0. The molecule has 2 heterocycles. The maximum absolute atomic E-state index is 7.26. The zero-order valence-corrected chi connectivity index (χ0v) is 34.7. The molecule has 14 rings (SSSR count). The first-order chi connectivity index (χ1) is 31.7. The normalized spacial score (nSPS) is 13.1. The summed E-state index contributed by atoms with van der Waals surface area (Å²) < 4.78 is 12.1. The minimum Gasteiger partial charge on any atom is -0.457 e. The SMILES string of the molecule is c1ccc(-c2ccc3c(c2)c2ccccc2n3-c2cc(Oc3ccc4c(c3)C3(c5ccccc5-c5ccccc53)c3ccccc3-4)cc(-n3c4ccccc4c4ccccc43)c2)cc1. The van der Waals surface area contributed by atoms with Crippen LogP contribution in [0.25, 0.3) is 88.4 Å². The Morgan fingerprint density at radius 1 is 0.281 bits per heavy atom. The van der Waals surface area contributed by atoms with Gasteiger partial charge in [0.05, 0.1) is 38.9 Å². The molecule has 0 radical (unpaired) electrons. The minimum absolute atomic E-state index is 0.462. The smallest absolute Gasteiger partial charge is 0.131 e. The number of fused-ring (bicyclic) bond motifs is 16. The van der Waals surface area contributed by atoms with E-state index in [0.717, 1.165) is 44.9 Å². The summed E-state index contributed by atoms with van der Waals surface area (Å²) >= 11 is 0. The van der Waals surface area contributed by atoms with E-state index in [4.69, 9.17) is 4.74 Å². The summed E-state index contributed by atoms with van der Waals surface area (Å²) in [5.41, 5.74) is 18.9. The summed E-state index contributed by atoms with van der Waals surface area (Å²) in [6.07, 6.45) is 0. The molecule has 298 valence electrons. The third kappa shape index (κ3) is 4.81. The van der Waals surface area contributed by atoms with Crippen molar-refractivity contribution in [2.24, 2.45) is 0 Å². The fourth-order valence-electron chi connectivity index (χ4n) is 11.4. The molecular weight excluding hydrogens is 777 g/mol. The van der Waals surface area contributed by atoms with Gasteiger partial charge in [0.1, 0.15) is 11.5 Å². The number of aromatic nitrogens is 2. The van der Waals surface area contributed by atoms with E-state index in [1.54, 1.807) is 0 Å². The summed E-state index contributed by atoms with van der Waals surface area (Å²) in [5, 5.41) is 4.86. The number of rotatable bonds is 5. The molecule has 64 heavy (non-hydrogen) atoms. The lowest BCUT2D eigenvalue weighted by Gasteiger charge is -2.30. The summed E-state index contributed by atoms with van der Waals surface area (Å²) in [6.45, 7) is 0. The van der Waals surface area contributed by atoms with Gasteiger partial charge in [0.15, 0.2) is 0 Å². The van der Waals surface area contributed by atoms with E-state index in [1.165, 1.54) is 77.2 Å². The second-order valence-corrected chi connectivity index (χ2v) is 17.2. The van der Waals surface area contributed by atoms with Gasteiger partial charge in [0.2, 0.25) is 0 Å². The van der Waals surface area contributed by atoms with Gasteiger partial charge in [-0.05, 0) is 104 Å². The molecule has 0 aliphatic heterocycles. The van der Waals surface area contributed by atoms with Gasteiger partial charge in [0.25, 0.3) is 0 Å². The average molecular weight is 815 g/mol. The summed E-state index contributed by atoms with van der Waals surface area (Å²) in [5.74, 6) is 1.56. The highest BCUT2D eigenvalue weighted by atomic mass is 16.5. The lowest BCUT2D eigenvalue weighted by Crippen LogP contribution is -2.25.